The van der Waals surface area contributed by atoms with Crippen LogP contribution in [-0.2, 0) is 13.1 Å². The fourth-order valence-corrected chi connectivity index (χ4v) is 2.11. The number of H-pyrrole nitrogens is 2. The van der Waals surface area contributed by atoms with E-state index in [0.717, 1.165) is 18.8 Å². The number of nitrogens with zero attached hydrogens (tertiary/aromatic N) is 1. The molecule has 0 spiro atoms. The molecule has 3 aromatic rings. The lowest BCUT2D eigenvalue weighted by Crippen LogP contribution is -2.12. The van der Waals surface area contributed by atoms with Crippen molar-refractivity contribution >= 4 is 10.9 Å². The summed E-state index contributed by atoms with van der Waals surface area (Å²) in [4.78, 5) is 3.20. The third-order valence-corrected chi connectivity index (χ3v) is 3.20. The first-order chi connectivity index (χ1) is 8.83. The molecule has 0 saturated heterocycles. The van der Waals surface area contributed by atoms with Gasteiger partial charge in [0.25, 0.3) is 0 Å². The monoisotopic (exact) mass is 240 g/mol. The second-order valence-electron chi connectivity index (χ2n) is 4.52. The zero-order valence-electron chi connectivity index (χ0n) is 10.3. The molecule has 0 atom stereocenters. The first-order valence-corrected chi connectivity index (χ1v) is 6.08. The fourth-order valence-electron chi connectivity index (χ4n) is 2.11. The maximum atomic E-state index is 4.01. The lowest BCUT2D eigenvalue weighted by Gasteiger charge is -2.04. The zero-order chi connectivity index (χ0) is 12.4. The molecule has 4 nitrogen and oxygen atoms in total. The van der Waals surface area contributed by atoms with Gasteiger partial charge in [0.15, 0.2) is 0 Å². The summed E-state index contributed by atoms with van der Waals surface area (Å²) >= 11 is 0. The van der Waals surface area contributed by atoms with Gasteiger partial charge in [0.2, 0.25) is 0 Å². The molecule has 0 aliphatic heterocycles. The van der Waals surface area contributed by atoms with Crippen LogP contribution in [0.2, 0.25) is 0 Å². The lowest BCUT2D eigenvalue weighted by molar-refractivity contribution is 0.691. The molecule has 0 aliphatic carbocycles. The molecule has 3 N–H and O–H groups in total. The molecule has 0 unspecified atom stereocenters. The maximum Gasteiger partial charge on any atom is 0.0535 e. The topological polar surface area (TPSA) is 56.5 Å². The molecule has 2 heterocycles. The zero-order valence-corrected chi connectivity index (χ0v) is 10.3. The first kappa shape index (κ1) is 11.0. The quantitative estimate of drug-likeness (QED) is 0.656. The number of hydrogen-bond acceptors (Lipinski definition) is 2. The number of fused-ring (bicyclic) bond motifs is 1. The van der Waals surface area contributed by atoms with E-state index in [9.17, 15) is 0 Å². The Morgan fingerprint density at radius 2 is 2.17 bits per heavy atom. The van der Waals surface area contributed by atoms with E-state index in [1.165, 1.54) is 22.0 Å². The highest BCUT2D eigenvalue weighted by atomic mass is 15.1. The van der Waals surface area contributed by atoms with Crippen molar-refractivity contribution in [3.8, 4) is 0 Å². The number of aromatic amines is 2. The molecular formula is C14H16N4. The Labute approximate surface area is 105 Å². The predicted molar refractivity (Wildman–Crippen MR) is 72.2 cm³/mol. The Morgan fingerprint density at radius 1 is 1.22 bits per heavy atom. The summed E-state index contributed by atoms with van der Waals surface area (Å²) in [6.45, 7) is 3.75. The van der Waals surface area contributed by atoms with Crippen molar-refractivity contribution in [2.75, 3.05) is 0 Å². The summed E-state index contributed by atoms with van der Waals surface area (Å²) in [7, 11) is 0. The molecule has 0 amide bonds. The molecule has 92 valence electrons. The van der Waals surface area contributed by atoms with E-state index >= 15 is 0 Å². The van der Waals surface area contributed by atoms with Gasteiger partial charge in [0.05, 0.1) is 6.20 Å². The molecule has 3 rings (SSSR count). The Hall–Kier alpha value is -2.07. The molecular weight excluding hydrogens is 224 g/mol. The van der Waals surface area contributed by atoms with Gasteiger partial charge < -0.3 is 10.3 Å². The Kier molecular flexibility index (Phi) is 2.86. The highest BCUT2D eigenvalue weighted by Gasteiger charge is 2.00. The molecule has 2 aromatic heterocycles. The average molecular weight is 240 g/mol. The van der Waals surface area contributed by atoms with Crippen molar-refractivity contribution in [2.24, 2.45) is 0 Å². The van der Waals surface area contributed by atoms with E-state index in [0.29, 0.717) is 0 Å². The molecule has 18 heavy (non-hydrogen) atoms. The van der Waals surface area contributed by atoms with Crippen molar-refractivity contribution in [2.45, 2.75) is 20.0 Å². The summed E-state index contributed by atoms with van der Waals surface area (Å²) in [5.74, 6) is 0. The van der Waals surface area contributed by atoms with Crippen molar-refractivity contribution < 1.29 is 0 Å². The Morgan fingerprint density at radius 3 is 3.00 bits per heavy atom. The molecule has 0 bridgehead atoms. The third-order valence-electron chi connectivity index (χ3n) is 3.20. The highest BCUT2D eigenvalue weighted by Crippen LogP contribution is 2.14. The number of hydrogen-bond donors (Lipinski definition) is 3. The van der Waals surface area contributed by atoms with Crippen LogP contribution in [0.25, 0.3) is 10.9 Å². The lowest BCUT2D eigenvalue weighted by atomic mass is 10.1. The summed E-state index contributed by atoms with van der Waals surface area (Å²) in [5, 5.41) is 11.6. The van der Waals surface area contributed by atoms with Gasteiger partial charge in [0.1, 0.15) is 0 Å². The number of benzene rings is 1. The summed E-state index contributed by atoms with van der Waals surface area (Å²) in [5.41, 5.74) is 4.83. The number of rotatable bonds is 4. The van der Waals surface area contributed by atoms with Crippen LogP contribution in [-0.4, -0.2) is 15.2 Å². The summed E-state index contributed by atoms with van der Waals surface area (Å²) in [6, 6.07) is 8.57. The predicted octanol–water partition coefficient (Wildman–Crippen LogP) is 2.49. The van der Waals surface area contributed by atoms with E-state index in [4.69, 9.17) is 0 Å². The largest absolute Gasteiger partial charge is 0.361 e. The van der Waals surface area contributed by atoms with Crippen LogP contribution < -0.4 is 5.32 Å². The van der Waals surface area contributed by atoms with Gasteiger partial charge >= 0.3 is 0 Å². The first-order valence-electron chi connectivity index (χ1n) is 6.08. The van der Waals surface area contributed by atoms with Gasteiger partial charge in [-0.25, -0.2) is 0 Å². The minimum Gasteiger partial charge on any atom is -0.361 e. The van der Waals surface area contributed by atoms with E-state index in [1.54, 1.807) is 0 Å². The van der Waals surface area contributed by atoms with Crippen molar-refractivity contribution in [3.63, 3.8) is 0 Å². The Balaban J connectivity index is 1.64. The molecule has 0 fully saturated rings. The fraction of sp³-hybridized carbons (Fsp3) is 0.214. The van der Waals surface area contributed by atoms with E-state index in [2.05, 4.69) is 44.8 Å². The van der Waals surface area contributed by atoms with Crippen LogP contribution in [0.15, 0.2) is 36.7 Å². The van der Waals surface area contributed by atoms with Crippen LogP contribution in [0.4, 0.5) is 0 Å². The third kappa shape index (κ3) is 2.15. The van der Waals surface area contributed by atoms with Crippen LogP contribution in [0.3, 0.4) is 0 Å². The van der Waals surface area contributed by atoms with Crippen molar-refractivity contribution in [1.29, 1.82) is 0 Å². The van der Waals surface area contributed by atoms with E-state index < -0.39 is 0 Å². The van der Waals surface area contributed by atoms with Crippen molar-refractivity contribution in [3.05, 3.63) is 53.5 Å². The SMILES string of the molecule is Cc1[nH]ncc1CNCc1ccc2[nH]ccc2c1. The van der Waals surface area contributed by atoms with Gasteiger partial charge in [0, 0.05) is 36.1 Å². The van der Waals surface area contributed by atoms with Crippen LogP contribution in [0.5, 0.6) is 0 Å². The second-order valence-corrected chi connectivity index (χ2v) is 4.52. The minimum atomic E-state index is 0.841. The van der Waals surface area contributed by atoms with Crippen molar-refractivity contribution in [1.82, 2.24) is 20.5 Å². The van der Waals surface area contributed by atoms with Gasteiger partial charge in [-0.3, -0.25) is 5.10 Å². The van der Waals surface area contributed by atoms with Crippen LogP contribution in [0, 0.1) is 6.92 Å². The summed E-state index contributed by atoms with van der Waals surface area (Å²) in [6.07, 6.45) is 3.84. The second kappa shape index (κ2) is 4.66. The standard InChI is InChI=1S/C14H16N4/c1-10-13(9-17-18-10)8-15-7-11-2-3-14-12(6-11)4-5-16-14/h2-6,9,15-16H,7-8H2,1H3,(H,17,18). The molecule has 0 radical (unpaired) electrons. The molecule has 4 heteroatoms. The summed E-state index contributed by atoms with van der Waals surface area (Å²) < 4.78 is 0. The average Bonchev–Trinajstić information content (AvgIpc) is 2.98. The van der Waals surface area contributed by atoms with Gasteiger partial charge in [-0.15, -0.1) is 0 Å². The number of nitrogens with one attached hydrogen (secondary N) is 3. The molecule has 0 aliphatic rings. The van der Waals surface area contributed by atoms with E-state index in [-0.39, 0.29) is 0 Å². The van der Waals surface area contributed by atoms with Gasteiger partial charge in [-0.2, -0.15) is 5.10 Å². The molecule has 0 saturated carbocycles. The van der Waals surface area contributed by atoms with Crippen LogP contribution >= 0.6 is 0 Å². The van der Waals surface area contributed by atoms with E-state index in [1.807, 2.05) is 19.3 Å². The maximum absolute atomic E-state index is 4.01. The molecule has 1 aromatic carbocycles. The van der Waals surface area contributed by atoms with Gasteiger partial charge in [-0.05, 0) is 36.1 Å². The highest BCUT2D eigenvalue weighted by molar-refractivity contribution is 5.79. The van der Waals surface area contributed by atoms with Gasteiger partial charge in [-0.1, -0.05) is 6.07 Å². The van der Waals surface area contributed by atoms with Crippen LogP contribution in [0.1, 0.15) is 16.8 Å². The Bertz CT molecular complexity index is 650. The smallest absolute Gasteiger partial charge is 0.0535 e. The number of aromatic nitrogens is 3. The normalized spacial score (nSPS) is 11.2. The number of aryl methyl sites for hydroxylation is 1. The minimum absolute atomic E-state index is 0.841.